The fourth-order valence-corrected chi connectivity index (χ4v) is 5.79. The van der Waals surface area contributed by atoms with Gasteiger partial charge in [0.15, 0.2) is 12.3 Å². The van der Waals surface area contributed by atoms with E-state index in [-0.39, 0.29) is 18.2 Å². The number of para-hydroxylation sites is 1. The number of ether oxygens (including phenoxy) is 1. The molecule has 0 radical (unpaired) electrons. The van der Waals surface area contributed by atoms with Gasteiger partial charge in [0.2, 0.25) is 5.88 Å². The molecule has 0 bridgehead atoms. The Morgan fingerprint density at radius 1 is 1.27 bits per heavy atom. The molecule has 3 aromatic rings. The maximum Gasteiger partial charge on any atom is 0.302 e. The fourth-order valence-electron chi connectivity index (χ4n) is 2.39. The van der Waals surface area contributed by atoms with E-state index in [1.807, 2.05) is 36.4 Å². The number of nitrogens with zero attached hydrogens (tertiary/aromatic N) is 3. The van der Waals surface area contributed by atoms with E-state index in [1.165, 1.54) is 0 Å². The maximum atomic E-state index is 12.0. The average molecular weight is 640 g/mol. The Balaban J connectivity index is 1.76. The highest BCUT2D eigenvalue weighted by Crippen LogP contribution is 2.37. The molecule has 0 spiro atoms. The zero-order valence-corrected chi connectivity index (χ0v) is 19.3. The van der Waals surface area contributed by atoms with E-state index >= 15 is 0 Å². The van der Waals surface area contributed by atoms with E-state index in [0.29, 0.717) is 5.75 Å². The standard InChI is InChI=1S/C17H12BrI2N3O3/c1-23-13-5-3-2-4-10(13)15(17(23)25)22-21-14(24)8-26-16-11(19)6-9(18)7-12(16)20/h2-7,25H,8H2,1H3. The average Bonchev–Trinajstić information content (AvgIpc) is 2.83. The molecule has 2 aromatic carbocycles. The minimum atomic E-state index is -0.535. The quantitative estimate of drug-likeness (QED) is 0.301. The SMILES string of the molecule is Cn1c(O)c(N=NC(=O)COc2c(I)cc(Br)cc2I)c2ccccc21. The smallest absolute Gasteiger partial charge is 0.302 e. The van der Waals surface area contributed by atoms with Crippen molar-refractivity contribution in [2.45, 2.75) is 0 Å². The number of aryl methyl sites for hydroxylation is 1. The van der Waals surface area contributed by atoms with Gasteiger partial charge in [-0.2, -0.15) is 0 Å². The summed E-state index contributed by atoms with van der Waals surface area (Å²) in [6.07, 6.45) is 0. The number of hydrogen-bond acceptors (Lipinski definition) is 4. The number of aromatic hydroxyl groups is 1. The van der Waals surface area contributed by atoms with Gasteiger partial charge in [0.25, 0.3) is 0 Å². The summed E-state index contributed by atoms with van der Waals surface area (Å²) in [5.74, 6) is 0.0542. The molecule has 0 aliphatic rings. The largest absolute Gasteiger partial charge is 0.493 e. The van der Waals surface area contributed by atoms with Crippen LogP contribution < -0.4 is 4.74 Å². The first-order valence-corrected chi connectivity index (χ1v) is 10.3. The first-order chi connectivity index (χ1) is 12.4. The molecule has 6 nitrogen and oxygen atoms in total. The molecule has 1 aromatic heterocycles. The molecule has 0 saturated carbocycles. The minimum Gasteiger partial charge on any atom is -0.493 e. The third kappa shape index (κ3) is 4.03. The van der Waals surface area contributed by atoms with Crippen LogP contribution in [0.2, 0.25) is 0 Å². The third-order valence-corrected chi connectivity index (χ3v) is 5.68. The molecular weight excluding hydrogens is 628 g/mol. The highest BCUT2D eigenvalue weighted by atomic mass is 127. The summed E-state index contributed by atoms with van der Waals surface area (Å²) in [7, 11) is 1.72. The molecule has 3 rings (SSSR count). The molecule has 0 aliphatic carbocycles. The number of aromatic nitrogens is 1. The van der Waals surface area contributed by atoms with Gasteiger partial charge in [-0.25, -0.2) is 0 Å². The second-order valence-corrected chi connectivity index (χ2v) is 8.57. The molecule has 134 valence electrons. The predicted molar refractivity (Wildman–Crippen MR) is 119 cm³/mol. The second kappa shape index (κ2) is 8.21. The summed E-state index contributed by atoms with van der Waals surface area (Å²) in [6, 6.07) is 11.2. The molecule has 1 amide bonds. The van der Waals surface area contributed by atoms with E-state index in [2.05, 4.69) is 71.3 Å². The maximum absolute atomic E-state index is 12.0. The summed E-state index contributed by atoms with van der Waals surface area (Å²) in [5, 5.41) is 18.5. The second-order valence-electron chi connectivity index (χ2n) is 5.33. The van der Waals surface area contributed by atoms with Crippen LogP contribution >= 0.6 is 61.1 Å². The van der Waals surface area contributed by atoms with E-state index in [1.54, 1.807) is 11.6 Å². The Morgan fingerprint density at radius 3 is 2.62 bits per heavy atom. The Morgan fingerprint density at radius 2 is 1.92 bits per heavy atom. The lowest BCUT2D eigenvalue weighted by Crippen LogP contribution is -2.09. The van der Waals surface area contributed by atoms with Crippen molar-refractivity contribution in [1.29, 1.82) is 0 Å². The summed E-state index contributed by atoms with van der Waals surface area (Å²) < 4.78 is 9.90. The van der Waals surface area contributed by atoms with Crippen molar-refractivity contribution in [2.24, 2.45) is 17.3 Å². The zero-order chi connectivity index (χ0) is 18.8. The predicted octanol–water partition coefficient (Wildman–Crippen LogP) is 5.54. The normalized spacial score (nSPS) is 11.4. The van der Waals surface area contributed by atoms with Gasteiger partial charge < -0.3 is 14.4 Å². The number of fused-ring (bicyclic) bond motifs is 1. The Bertz CT molecular complexity index is 1010. The highest BCUT2D eigenvalue weighted by molar-refractivity contribution is 14.1. The number of carbonyl (C=O) groups is 1. The van der Waals surface area contributed by atoms with Gasteiger partial charge in [-0.15, -0.1) is 10.2 Å². The Hall–Kier alpha value is -1.21. The lowest BCUT2D eigenvalue weighted by Gasteiger charge is -2.08. The van der Waals surface area contributed by atoms with Crippen molar-refractivity contribution < 1.29 is 14.6 Å². The van der Waals surface area contributed by atoms with Crippen molar-refractivity contribution in [3.63, 3.8) is 0 Å². The van der Waals surface area contributed by atoms with Crippen LogP contribution in [-0.4, -0.2) is 22.2 Å². The number of hydrogen-bond donors (Lipinski definition) is 1. The molecule has 0 fully saturated rings. The van der Waals surface area contributed by atoms with Gasteiger partial charge in [-0.1, -0.05) is 34.1 Å². The third-order valence-electron chi connectivity index (χ3n) is 3.61. The van der Waals surface area contributed by atoms with Crippen LogP contribution in [0.5, 0.6) is 11.6 Å². The van der Waals surface area contributed by atoms with Crippen molar-refractivity contribution in [3.8, 4) is 11.6 Å². The van der Waals surface area contributed by atoms with Crippen molar-refractivity contribution >= 4 is 83.6 Å². The zero-order valence-electron chi connectivity index (χ0n) is 13.4. The van der Waals surface area contributed by atoms with Crippen molar-refractivity contribution in [2.75, 3.05) is 6.61 Å². The molecule has 0 unspecified atom stereocenters. The number of rotatable bonds is 4. The lowest BCUT2D eigenvalue weighted by molar-refractivity contribution is -0.120. The van der Waals surface area contributed by atoms with E-state index in [4.69, 9.17) is 4.74 Å². The Kier molecular flexibility index (Phi) is 6.17. The van der Waals surface area contributed by atoms with Crippen molar-refractivity contribution in [1.82, 2.24) is 4.57 Å². The van der Waals surface area contributed by atoms with E-state index in [0.717, 1.165) is 22.5 Å². The van der Waals surface area contributed by atoms with Crippen LogP contribution in [0.25, 0.3) is 10.9 Å². The lowest BCUT2D eigenvalue weighted by atomic mass is 10.2. The first kappa shape index (κ1) is 19.5. The topological polar surface area (TPSA) is 76.2 Å². The van der Waals surface area contributed by atoms with E-state index in [9.17, 15) is 9.90 Å². The van der Waals surface area contributed by atoms with Gasteiger partial charge in [-0.3, -0.25) is 4.79 Å². The van der Waals surface area contributed by atoms with Crippen LogP contribution in [0, 0.1) is 7.14 Å². The van der Waals surface area contributed by atoms with Gasteiger partial charge >= 0.3 is 5.91 Å². The van der Waals surface area contributed by atoms with Crippen molar-refractivity contribution in [3.05, 3.63) is 48.0 Å². The van der Waals surface area contributed by atoms with Gasteiger partial charge in [0.1, 0.15) is 5.75 Å². The molecule has 1 N–H and O–H groups in total. The number of benzene rings is 2. The molecule has 26 heavy (non-hydrogen) atoms. The van der Waals surface area contributed by atoms with Crippen LogP contribution in [0.1, 0.15) is 0 Å². The van der Waals surface area contributed by atoms with Crippen LogP contribution in [-0.2, 0) is 11.8 Å². The van der Waals surface area contributed by atoms with Gasteiger partial charge in [0.05, 0.1) is 12.7 Å². The molecule has 1 heterocycles. The first-order valence-electron chi connectivity index (χ1n) is 7.36. The number of amides is 1. The number of carbonyl (C=O) groups excluding carboxylic acids is 1. The molecule has 9 heteroatoms. The summed E-state index contributed by atoms with van der Waals surface area (Å²) in [6.45, 7) is -0.233. The van der Waals surface area contributed by atoms with Gasteiger partial charge in [0, 0.05) is 16.9 Å². The molecule has 0 saturated heterocycles. The summed E-state index contributed by atoms with van der Waals surface area (Å²) >= 11 is 7.70. The minimum absolute atomic E-state index is 0.0410. The monoisotopic (exact) mass is 639 g/mol. The van der Waals surface area contributed by atoms with Crippen LogP contribution in [0.4, 0.5) is 5.69 Å². The number of halogens is 3. The summed E-state index contributed by atoms with van der Waals surface area (Å²) in [5.41, 5.74) is 1.07. The molecule has 0 atom stereocenters. The molecule has 0 aliphatic heterocycles. The van der Waals surface area contributed by atoms with Crippen LogP contribution in [0.3, 0.4) is 0 Å². The molecular formula is C17H12BrI2N3O3. The van der Waals surface area contributed by atoms with Crippen LogP contribution in [0.15, 0.2) is 51.1 Å². The van der Waals surface area contributed by atoms with E-state index < -0.39 is 5.91 Å². The summed E-state index contributed by atoms with van der Waals surface area (Å²) in [4.78, 5) is 12.0. The highest BCUT2D eigenvalue weighted by Gasteiger charge is 2.15. The fraction of sp³-hybridized carbons (Fsp3) is 0.118. The Labute approximate surface area is 185 Å². The van der Waals surface area contributed by atoms with Gasteiger partial charge in [-0.05, 0) is 63.4 Å². The number of azo groups is 1.